The number of rotatable bonds is 16. The first-order valence-corrected chi connectivity index (χ1v) is 36.1. The number of unbranched alkanes of at least 4 members (excludes halogenated alkanes) is 3. The monoisotopic (exact) mass is 1510 g/mol. The molecule has 0 bridgehead atoms. The van der Waals surface area contributed by atoms with Crippen molar-refractivity contribution in [1.29, 1.82) is 0 Å². The Bertz CT molecular complexity index is 2760. The third kappa shape index (κ3) is 32.7. The summed E-state index contributed by atoms with van der Waals surface area (Å²) in [6, 6.07) is 47.5. The number of methoxy groups -OCH3 is 1. The van der Waals surface area contributed by atoms with Crippen LogP contribution in [0.25, 0.3) is 0 Å². The van der Waals surface area contributed by atoms with E-state index in [1.807, 2.05) is 186 Å². The number of nitrogens with zero attached hydrogens (tertiary/aromatic N) is 4. The van der Waals surface area contributed by atoms with Crippen molar-refractivity contribution in [3.8, 4) is 5.75 Å². The first kappa shape index (κ1) is 87.8. The number of benzene rings is 5. The van der Waals surface area contributed by atoms with Crippen LogP contribution in [0.5, 0.6) is 5.75 Å². The van der Waals surface area contributed by atoms with Crippen molar-refractivity contribution in [2.45, 2.75) is 190 Å². The van der Waals surface area contributed by atoms with E-state index in [1.165, 1.54) is 71.1 Å². The Morgan fingerprint density at radius 2 is 1.18 bits per heavy atom. The molecule has 0 aliphatic carbocycles. The van der Waals surface area contributed by atoms with E-state index in [0.717, 1.165) is 83.7 Å². The van der Waals surface area contributed by atoms with Crippen molar-refractivity contribution in [3.05, 3.63) is 216 Å². The van der Waals surface area contributed by atoms with Crippen LogP contribution >= 0.6 is 0 Å². The molecule has 1 atom stereocenters. The Labute approximate surface area is 604 Å². The van der Waals surface area contributed by atoms with E-state index in [-0.39, 0.29) is 32.5 Å². The minimum atomic E-state index is -1.18. The number of ether oxygens (including phenoxy) is 7. The molecule has 12 nitrogen and oxygen atoms in total. The van der Waals surface area contributed by atoms with E-state index >= 15 is 0 Å². The molecular formula is C84H130N4O8Re. The quantitative estimate of drug-likeness (QED) is 0.0311. The van der Waals surface area contributed by atoms with Gasteiger partial charge in [-0.3, -0.25) is 0 Å². The van der Waals surface area contributed by atoms with Crippen LogP contribution in [0.3, 0.4) is 0 Å². The van der Waals surface area contributed by atoms with Gasteiger partial charge in [-0.1, -0.05) is 232 Å². The molecule has 6 aliphatic rings. The standard InChI is InChI=1S/C20H21NO3.C17H28O3.C16H16O2.2C7H14N.C7H16.C6H9N.2C2H6.Re/c1-21-14-12-19(13-15-21)23-18(22)20(24-19,16-8-4-2-5-9-16)17-10-6-3-7-11-17;1-15(2)20-13-9-5-4-8-12-19-14-16-10-6-7-11-17(16)18-3;1-13-12-17-16(18-13,14-8-4-2-5-9-14)15-10-6-3-7-11-15;1-7-3-5-8(2)6-4-7;1-8(2)6-4-3-5-7-8;1-5-6-7(2,3)4;1-7-5-3-2-4-6-7;2*1-2;/h2-11H,12-15H2,1H3;6-7,10-11,15H,4-5,8-9,12-14H2,1-3H3;2-11,13H,12H2,1H3;3-6H2,1-2H3;3-4H,5-7H2,1-2H3;5-6H2,1-4H3;2-5H,6H2,1H3;2*1-2H3;/q;;;-1;+1;;;;;. The van der Waals surface area contributed by atoms with Gasteiger partial charge in [0.1, 0.15) is 5.75 Å². The van der Waals surface area contributed by atoms with Crippen LogP contribution in [-0.2, 0) is 71.6 Å². The van der Waals surface area contributed by atoms with Gasteiger partial charge in [0, 0.05) is 96.3 Å². The minimum absolute atomic E-state index is 0. The Balaban J connectivity index is 0.000000401. The number of para-hydroxylation sites is 1. The molecule has 0 saturated carbocycles. The van der Waals surface area contributed by atoms with E-state index in [4.69, 9.17) is 33.2 Å². The molecule has 0 aromatic heterocycles. The molecule has 6 aliphatic heterocycles. The van der Waals surface area contributed by atoms with Gasteiger partial charge in [-0.15, -0.1) is 0 Å². The number of likely N-dealkylation sites (N-methyl/N-ethyl adjacent to an activating group) is 2. The zero-order valence-corrected chi connectivity index (χ0v) is 66.2. The number of esters is 1. The molecule has 11 rings (SSSR count). The van der Waals surface area contributed by atoms with Crippen LogP contribution < -0.4 is 4.74 Å². The molecular weight excluding hydrogens is 1380 g/mol. The van der Waals surface area contributed by atoms with Gasteiger partial charge >= 0.3 is 5.97 Å². The molecule has 541 valence electrons. The number of likely N-dealkylation sites (tertiary alicyclic amines) is 2. The van der Waals surface area contributed by atoms with Crippen molar-refractivity contribution in [3.63, 3.8) is 0 Å². The maximum Gasteiger partial charge on any atom is 0.350 e. The molecule has 1 unspecified atom stereocenters. The van der Waals surface area contributed by atoms with E-state index in [9.17, 15) is 4.79 Å². The van der Waals surface area contributed by atoms with Crippen LogP contribution in [0.2, 0.25) is 0 Å². The summed E-state index contributed by atoms with van der Waals surface area (Å²) in [5.74, 6) is 0.683. The summed E-state index contributed by atoms with van der Waals surface area (Å²) in [4.78, 5) is 19.8. The molecule has 0 N–H and O–H groups in total. The van der Waals surface area contributed by atoms with Crippen molar-refractivity contribution < 1.29 is 62.9 Å². The largest absolute Gasteiger partial charge is 0.496 e. The summed E-state index contributed by atoms with van der Waals surface area (Å²) < 4.78 is 42.1. The number of hydrogen-bond acceptors (Lipinski definition) is 11. The molecule has 1 spiro atoms. The van der Waals surface area contributed by atoms with Gasteiger partial charge in [0.05, 0.1) is 59.7 Å². The molecule has 6 heterocycles. The summed E-state index contributed by atoms with van der Waals surface area (Å²) in [6.45, 7) is 36.2. The fourth-order valence-electron chi connectivity index (χ4n) is 11.3. The van der Waals surface area contributed by atoms with E-state index in [2.05, 4.69) is 129 Å². The Morgan fingerprint density at radius 1 is 0.670 bits per heavy atom. The second kappa shape index (κ2) is 48.5. The topological polar surface area (TPSA) is 91.4 Å². The SMILES string of the molecule is CC.CC.CC1COC(c2ccccc2)(c2ccccc2)O1.CCCC(C)(C)C.CN1C=CC=CC1.CN1CCC2(CC1)OC(=O)C(c1ccccc1)(c1ccccc1)O2.COc1ccccc1COCCCCCCOC(C)C.C[C-]1CCN(C)CC1.C[N+]1(C)CC=CCC1.[Re]. The molecule has 5 aromatic carbocycles. The third-order valence-corrected chi connectivity index (χ3v) is 16.8. The van der Waals surface area contributed by atoms with Gasteiger partial charge in [0.25, 0.3) is 0 Å². The molecule has 4 fully saturated rings. The Kier molecular flexibility index (Phi) is 43.9. The average molecular weight is 1510 g/mol. The molecule has 13 heteroatoms. The number of carbonyl (C=O) groups excluding carboxylic acids is 1. The first-order chi connectivity index (χ1) is 46.1. The number of carbonyl (C=O) groups is 1. The summed E-state index contributed by atoms with van der Waals surface area (Å²) >= 11 is 0. The number of piperidine rings is 2. The molecule has 0 amide bonds. The van der Waals surface area contributed by atoms with E-state index in [1.54, 1.807) is 13.0 Å². The maximum atomic E-state index is 13.1. The molecule has 4 saturated heterocycles. The predicted molar refractivity (Wildman–Crippen MR) is 402 cm³/mol. The summed E-state index contributed by atoms with van der Waals surface area (Å²) in [6.07, 6.45) is 25.8. The van der Waals surface area contributed by atoms with Gasteiger partial charge in [0.15, 0.2) is 0 Å². The number of allylic oxidation sites excluding steroid dienone is 2. The van der Waals surface area contributed by atoms with Gasteiger partial charge in [0.2, 0.25) is 17.2 Å². The fraction of sp³-hybridized carbons (Fsp3) is 0.548. The number of hydrogen-bond donors (Lipinski definition) is 0. The van der Waals surface area contributed by atoms with E-state index in [0.29, 0.717) is 37.6 Å². The smallest absolute Gasteiger partial charge is 0.350 e. The van der Waals surface area contributed by atoms with E-state index < -0.39 is 17.2 Å². The van der Waals surface area contributed by atoms with Crippen LogP contribution in [0.1, 0.15) is 182 Å². The van der Waals surface area contributed by atoms with Crippen LogP contribution in [0.15, 0.2) is 182 Å². The van der Waals surface area contributed by atoms with Gasteiger partial charge in [-0.2, -0.15) is 19.8 Å². The Morgan fingerprint density at radius 3 is 1.57 bits per heavy atom. The zero-order chi connectivity index (χ0) is 70.7. The average Bonchev–Trinajstić information content (AvgIpc) is 1.60. The van der Waals surface area contributed by atoms with Gasteiger partial charge in [-0.25, -0.2) is 4.79 Å². The summed E-state index contributed by atoms with van der Waals surface area (Å²) in [7, 11) is 12.5. The summed E-state index contributed by atoms with van der Waals surface area (Å²) in [5, 5.41) is 0. The minimum Gasteiger partial charge on any atom is -0.496 e. The molecule has 97 heavy (non-hydrogen) atoms. The normalized spacial score (nSPS) is 18.5. The summed E-state index contributed by atoms with van der Waals surface area (Å²) in [5.41, 5.74) is 4.20. The Hall–Kier alpha value is -5.27. The van der Waals surface area contributed by atoms with Crippen molar-refractivity contribution in [1.82, 2.24) is 14.7 Å². The molecule has 5 aromatic rings. The van der Waals surface area contributed by atoms with Gasteiger partial charge < -0.3 is 58.3 Å². The fourth-order valence-corrected chi connectivity index (χ4v) is 11.3. The second-order valence-corrected chi connectivity index (χ2v) is 27.3. The van der Waals surface area contributed by atoms with Crippen LogP contribution in [-0.4, -0.2) is 151 Å². The second-order valence-electron chi connectivity index (χ2n) is 27.3. The third-order valence-electron chi connectivity index (χ3n) is 16.8. The van der Waals surface area contributed by atoms with Crippen LogP contribution in [0.4, 0.5) is 0 Å². The van der Waals surface area contributed by atoms with Crippen molar-refractivity contribution in [2.24, 2.45) is 5.41 Å². The predicted octanol–water partition coefficient (Wildman–Crippen LogP) is 18.7. The molecule has 1 radical (unpaired) electrons. The van der Waals surface area contributed by atoms with Gasteiger partial charge in [-0.05, 0) is 108 Å². The zero-order valence-electron chi connectivity index (χ0n) is 63.5. The number of quaternary nitrogens is 1. The maximum absolute atomic E-state index is 13.1. The van der Waals surface area contributed by atoms with Crippen molar-refractivity contribution in [2.75, 3.05) is 108 Å². The first-order valence-electron chi connectivity index (χ1n) is 36.1. The van der Waals surface area contributed by atoms with Crippen LogP contribution in [0, 0.1) is 11.3 Å². The van der Waals surface area contributed by atoms with Crippen molar-refractivity contribution >= 4 is 5.97 Å².